The van der Waals surface area contributed by atoms with Gasteiger partial charge in [0.15, 0.2) is 0 Å². The number of aromatic nitrogens is 2. The summed E-state index contributed by atoms with van der Waals surface area (Å²) >= 11 is 0. The molecule has 1 saturated carbocycles. The average molecular weight is 358 g/mol. The lowest BCUT2D eigenvalue weighted by Gasteiger charge is -2.22. The molecule has 2 aromatic heterocycles. The van der Waals surface area contributed by atoms with Crippen molar-refractivity contribution in [3.05, 3.63) is 29.7 Å². The number of aryl methyl sites for hydroxylation is 1. The highest BCUT2D eigenvalue weighted by molar-refractivity contribution is 5.89. The van der Waals surface area contributed by atoms with E-state index in [9.17, 15) is 4.79 Å². The summed E-state index contributed by atoms with van der Waals surface area (Å²) in [4.78, 5) is 19.9. The second-order valence-corrected chi connectivity index (χ2v) is 7.60. The average Bonchev–Trinajstić information content (AvgIpc) is 3.42. The van der Waals surface area contributed by atoms with E-state index >= 15 is 0 Å². The monoisotopic (exact) mass is 358 g/mol. The molecule has 1 fully saturated rings. The molecular formula is C20H30N4O2. The van der Waals surface area contributed by atoms with Gasteiger partial charge in [0.25, 0.3) is 0 Å². The number of nitrogens with zero attached hydrogens (tertiary/aromatic N) is 3. The van der Waals surface area contributed by atoms with Gasteiger partial charge in [-0.05, 0) is 56.0 Å². The number of hydrogen-bond donors (Lipinski definition) is 1. The van der Waals surface area contributed by atoms with Gasteiger partial charge >= 0.3 is 0 Å². The van der Waals surface area contributed by atoms with Crippen molar-refractivity contribution in [2.45, 2.75) is 45.6 Å². The molecule has 0 unspecified atom stereocenters. The van der Waals surface area contributed by atoms with Crippen molar-refractivity contribution >= 4 is 17.2 Å². The van der Waals surface area contributed by atoms with E-state index < -0.39 is 5.54 Å². The Kier molecular flexibility index (Phi) is 6.53. The summed E-state index contributed by atoms with van der Waals surface area (Å²) < 4.78 is 5.89. The highest BCUT2D eigenvalue weighted by Crippen LogP contribution is 2.33. The van der Waals surface area contributed by atoms with E-state index in [-0.39, 0.29) is 0 Å². The number of nitrogens with two attached hydrogens (primary N) is 1. The van der Waals surface area contributed by atoms with Gasteiger partial charge < -0.3 is 15.4 Å². The maximum Gasteiger partial charge on any atom is 0.222 e. The number of rotatable bonds is 6. The highest BCUT2D eigenvalue weighted by atomic mass is 16.5. The lowest BCUT2D eigenvalue weighted by molar-refractivity contribution is -0.115. The van der Waals surface area contributed by atoms with Crippen molar-refractivity contribution in [2.24, 2.45) is 11.7 Å². The lowest BCUT2D eigenvalue weighted by Crippen LogP contribution is -2.29. The first kappa shape index (κ1) is 20.1. The SMILES string of the molecule is CCc1cc2c(C(C)(C)N)cnc(OCC3CC3)c2cn1.CN(C)C=O. The predicted molar refractivity (Wildman–Crippen MR) is 104 cm³/mol. The van der Waals surface area contributed by atoms with Crippen molar-refractivity contribution in [3.63, 3.8) is 0 Å². The number of carbonyl (C=O) groups excluding carboxylic acids is 1. The quantitative estimate of drug-likeness (QED) is 0.803. The molecule has 0 bridgehead atoms. The molecule has 0 radical (unpaired) electrons. The van der Waals surface area contributed by atoms with Gasteiger partial charge in [-0.1, -0.05) is 6.92 Å². The number of carbonyl (C=O) groups is 1. The predicted octanol–water partition coefficient (Wildman–Crippen LogP) is 2.88. The third-order valence-electron chi connectivity index (χ3n) is 4.21. The fourth-order valence-electron chi connectivity index (χ4n) is 2.46. The summed E-state index contributed by atoms with van der Waals surface area (Å²) in [6.07, 6.45) is 7.91. The summed E-state index contributed by atoms with van der Waals surface area (Å²) in [5.74, 6) is 1.38. The third-order valence-corrected chi connectivity index (χ3v) is 4.21. The van der Waals surface area contributed by atoms with Gasteiger partial charge in [0.05, 0.1) is 12.0 Å². The Labute approximate surface area is 155 Å². The van der Waals surface area contributed by atoms with Gasteiger partial charge in [-0.2, -0.15) is 0 Å². The van der Waals surface area contributed by atoms with Gasteiger partial charge in [0, 0.05) is 37.7 Å². The summed E-state index contributed by atoms with van der Waals surface area (Å²) in [6, 6.07) is 2.12. The van der Waals surface area contributed by atoms with Crippen LogP contribution in [0.2, 0.25) is 0 Å². The van der Waals surface area contributed by atoms with Gasteiger partial charge in [-0.15, -0.1) is 0 Å². The van der Waals surface area contributed by atoms with Crippen molar-refractivity contribution in [1.29, 1.82) is 0 Å². The van der Waals surface area contributed by atoms with Crippen LogP contribution in [0.4, 0.5) is 0 Å². The zero-order valence-electron chi connectivity index (χ0n) is 16.5. The molecule has 3 rings (SSSR count). The molecule has 26 heavy (non-hydrogen) atoms. The third kappa shape index (κ3) is 5.39. The second-order valence-electron chi connectivity index (χ2n) is 7.60. The first-order chi connectivity index (χ1) is 12.3. The van der Waals surface area contributed by atoms with E-state index in [0.717, 1.165) is 41.5 Å². The van der Waals surface area contributed by atoms with Crippen molar-refractivity contribution < 1.29 is 9.53 Å². The first-order valence-corrected chi connectivity index (χ1v) is 9.07. The van der Waals surface area contributed by atoms with Gasteiger partial charge in [-0.3, -0.25) is 9.78 Å². The summed E-state index contributed by atoms with van der Waals surface area (Å²) in [5, 5.41) is 2.07. The summed E-state index contributed by atoms with van der Waals surface area (Å²) in [6.45, 7) is 6.86. The van der Waals surface area contributed by atoms with E-state index in [0.29, 0.717) is 11.8 Å². The molecule has 0 aromatic carbocycles. The lowest BCUT2D eigenvalue weighted by atomic mass is 9.92. The molecule has 0 saturated heterocycles. The van der Waals surface area contributed by atoms with Crippen LogP contribution in [0.3, 0.4) is 0 Å². The van der Waals surface area contributed by atoms with Crippen LogP contribution >= 0.6 is 0 Å². The maximum absolute atomic E-state index is 9.43. The minimum atomic E-state index is -0.438. The van der Waals surface area contributed by atoms with Crippen LogP contribution < -0.4 is 10.5 Å². The minimum absolute atomic E-state index is 0.438. The van der Waals surface area contributed by atoms with Crippen LogP contribution in [0.1, 0.15) is 44.9 Å². The van der Waals surface area contributed by atoms with Crippen LogP contribution in [0.15, 0.2) is 18.5 Å². The normalized spacial score (nSPS) is 13.8. The molecule has 142 valence electrons. The number of amides is 1. The Hall–Kier alpha value is -2.21. The smallest absolute Gasteiger partial charge is 0.222 e. The molecule has 2 aromatic rings. The molecule has 0 spiro atoms. The molecule has 2 N–H and O–H groups in total. The highest BCUT2D eigenvalue weighted by Gasteiger charge is 2.24. The van der Waals surface area contributed by atoms with E-state index in [1.54, 1.807) is 14.1 Å². The van der Waals surface area contributed by atoms with E-state index in [1.807, 2.05) is 26.2 Å². The maximum atomic E-state index is 9.43. The molecule has 0 aliphatic heterocycles. The van der Waals surface area contributed by atoms with Crippen LogP contribution in [-0.4, -0.2) is 42.0 Å². The standard InChI is InChI=1S/C17H23N3O.C3H7NO/c1-4-12-7-13-14(8-19-12)16(21-10-11-5-6-11)20-9-15(13)17(2,3)18;1-4(2)3-5/h7-9,11H,4-6,10,18H2,1-3H3;3H,1-2H3. The molecule has 1 aliphatic rings. The molecule has 1 amide bonds. The molecule has 0 atom stereocenters. The molecule has 6 heteroatoms. The zero-order chi connectivity index (χ0) is 19.3. The number of fused-ring (bicyclic) bond motifs is 1. The van der Waals surface area contributed by atoms with Gasteiger partial charge in [0.2, 0.25) is 12.3 Å². The first-order valence-electron chi connectivity index (χ1n) is 9.07. The van der Waals surface area contributed by atoms with E-state index in [1.165, 1.54) is 17.7 Å². The van der Waals surface area contributed by atoms with Gasteiger partial charge in [-0.25, -0.2) is 4.98 Å². The minimum Gasteiger partial charge on any atom is -0.477 e. The second kappa shape index (κ2) is 8.45. The van der Waals surface area contributed by atoms with Crippen LogP contribution in [0, 0.1) is 5.92 Å². The Morgan fingerprint density at radius 2 is 1.92 bits per heavy atom. The van der Waals surface area contributed by atoms with Crippen LogP contribution in [0.25, 0.3) is 10.8 Å². The number of pyridine rings is 2. The Bertz CT molecular complexity index is 749. The van der Waals surface area contributed by atoms with Gasteiger partial charge in [0.1, 0.15) is 0 Å². The topological polar surface area (TPSA) is 81.3 Å². The Balaban J connectivity index is 0.000000431. The van der Waals surface area contributed by atoms with Crippen LogP contribution in [-0.2, 0) is 16.8 Å². The molecular weight excluding hydrogens is 328 g/mol. The largest absolute Gasteiger partial charge is 0.477 e. The van der Waals surface area contributed by atoms with Crippen molar-refractivity contribution in [3.8, 4) is 5.88 Å². The Morgan fingerprint density at radius 1 is 1.27 bits per heavy atom. The van der Waals surface area contributed by atoms with Crippen molar-refractivity contribution in [2.75, 3.05) is 20.7 Å². The molecule has 2 heterocycles. The van der Waals surface area contributed by atoms with Crippen LogP contribution in [0.5, 0.6) is 5.88 Å². The fourth-order valence-corrected chi connectivity index (χ4v) is 2.46. The summed E-state index contributed by atoms with van der Waals surface area (Å²) in [5.41, 5.74) is 7.96. The van der Waals surface area contributed by atoms with E-state index in [4.69, 9.17) is 10.5 Å². The summed E-state index contributed by atoms with van der Waals surface area (Å²) in [7, 11) is 3.38. The molecule has 1 aliphatic carbocycles. The number of hydrogen-bond acceptors (Lipinski definition) is 5. The fraction of sp³-hybridized carbons (Fsp3) is 0.550. The number of ether oxygens (including phenoxy) is 1. The zero-order valence-corrected chi connectivity index (χ0v) is 16.5. The molecule has 6 nitrogen and oxygen atoms in total. The van der Waals surface area contributed by atoms with Crippen molar-refractivity contribution in [1.82, 2.24) is 14.9 Å². The van der Waals surface area contributed by atoms with E-state index in [2.05, 4.69) is 23.0 Å². The Morgan fingerprint density at radius 3 is 2.42 bits per heavy atom.